The molecule has 1 aliphatic carbocycles. The van der Waals surface area contributed by atoms with E-state index in [0.717, 1.165) is 31.5 Å². The molecule has 0 unspecified atom stereocenters. The first-order valence-electron chi connectivity index (χ1n) is 10.5. The maximum Gasteiger partial charge on any atom is 0.273 e. The molecule has 0 spiro atoms. The van der Waals surface area contributed by atoms with Crippen LogP contribution in [0, 0.1) is 17.6 Å². The minimum Gasteiger partial charge on any atom is -0.355 e. The molecule has 31 heavy (non-hydrogen) atoms. The number of hydrogen-bond acceptors (Lipinski definition) is 5. The van der Waals surface area contributed by atoms with Gasteiger partial charge in [-0.2, -0.15) is 0 Å². The number of carbonyl (C=O) groups excluding carboxylic acids is 2. The number of amides is 2. The fourth-order valence-corrected chi connectivity index (χ4v) is 4.26. The lowest BCUT2D eigenvalue weighted by Gasteiger charge is -2.45. The van der Waals surface area contributed by atoms with Gasteiger partial charge in [0, 0.05) is 51.4 Å². The van der Waals surface area contributed by atoms with Gasteiger partial charge in [-0.15, -0.1) is 0 Å². The molecule has 1 N–H and O–H groups in total. The molecule has 0 bridgehead atoms. The predicted octanol–water partition coefficient (Wildman–Crippen LogP) is 2.68. The van der Waals surface area contributed by atoms with Gasteiger partial charge in [0.25, 0.3) is 5.91 Å². The average Bonchev–Trinajstić information content (AvgIpc) is 3.17. The molecule has 1 saturated carbocycles. The van der Waals surface area contributed by atoms with E-state index in [2.05, 4.69) is 15.4 Å². The number of halogens is 2. The van der Waals surface area contributed by atoms with Crippen LogP contribution in [0.5, 0.6) is 0 Å². The molecular weight excluding hydrogens is 406 g/mol. The summed E-state index contributed by atoms with van der Waals surface area (Å²) in [5.41, 5.74) is -0.00128. The van der Waals surface area contributed by atoms with Crippen molar-refractivity contribution in [2.75, 3.05) is 27.2 Å². The third-order valence-electron chi connectivity index (χ3n) is 6.25. The van der Waals surface area contributed by atoms with Crippen molar-refractivity contribution in [3.63, 3.8) is 0 Å². The van der Waals surface area contributed by atoms with E-state index in [9.17, 15) is 18.4 Å². The third-order valence-corrected chi connectivity index (χ3v) is 6.25. The first-order valence-corrected chi connectivity index (χ1v) is 10.5. The Balaban J connectivity index is 1.47. The van der Waals surface area contributed by atoms with Gasteiger partial charge in [-0.3, -0.25) is 14.5 Å². The number of nitrogens with zero attached hydrogens (tertiary/aromatic N) is 3. The molecule has 1 aliphatic heterocycles. The van der Waals surface area contributed by atoms with Crippen LogP contribution in [0.1, 0.15) is 36.2 Å². The average molecular weight is 432 g/mol. The highest BCUT2D eigenvalue weighted by Gasteiger charge is 2.39. The van der Waals surface area contributed by atoms with Crippen molar-refractivity contribution in [1.82, 2.24) is 20.3 Å². The Morgan fingerprint density at radius 1 is 1.19 bits per heavy atom. The van der Waals surface area contributed by atoms with E-state index in [0.29, 0.717) is 19.0 Å². The van der Waals surface area contributed by atoms with E-state index in [-0.39, 0.29) is 34.9 Å². The van der Waals surface area contributed by atoms with Gasteiger partial charge in [-0.25, -0.2) is 8.78 Å². The van der Waals surface area contributed by atoms with Crippen molar-refractivity contribution in [3.05, 3.63) is 41.6 Å². The minimum atomic E-state index is -0.803. The summed E-state index contributed by atoms with van der Waals surface area (Å²) in [6.07, 6.45) is 4.18. The highest BCUT2D eigenvalue weighted by Crippen LogP contribution is 2.30. The first kappa shape index (κ1) is 21.4. The molecule has 1 saturated heterocycles. The van der Waals surface area contributed by atoms with Crippen molar-refractivity contribution in [1.29, 1.82) is 0 Å². The molecule has 9 heteroatoms. The molecule has 2 fully saturated rings. The summed E-state index contributed by atoms with van der Waals surface area (Å²) >= 11 is 0. The van der Waals surface area contributed by atoms with E-state index in [1.165, 1.54) is 18.6 Å². The fourth-order valence-electron chi connectivity index (χ4n) is 4.26. The standard InChI is InChI=1S/C22H26F2N4O3/c1-27(2)22(30)16-12-28(14-4-3-5-14)9-8-18(16)25-21(29)19-11-20(31-26-19)15-7-6-13(23)10-17(15)24/h6-7,10-11,14,16,18H,3-5,8-9,12H2,1-2H3,(H,25,29)/t16-,18-/m1/s1. The van der Waals surface area contributed by atoms with Crippen molar-refractivity contribution in [3.8, 4) is 11.3 Å². The molecule has 1 aromatic carbocycles. The zero-order chi connectivity index (χ0) is 22.1. The minimum absolute atomic E-state index is 0.0161. The number of likely N-dealkylation sites (tertiary alicyclic amines) is 1. The van der Waals surface area contributed by atoms with Crippen LogP contribution in [-0.4, -0.2) is 66.0 Å². The zero-order valence-electron chi connectivity index (χ0n) is 17.6. The summed E-state index contributed by atoms with van der Waals surface area (Å²) in [6, 6.07) is 4.59. The maximum atomic E-state index is 14.0. The van der Waals surface area contributed by atoms with Crippen LogP contribution in [0.2, 0.25) is 0 Å². The van der Waals surface area contributed by atoms with E-state index in [4.69, 9.17) is 4.52 Å². The first-order chi connectivity index (χ1) is 14.8. The van der Waals surface area contributed by atoms with Crippen molar-refractivity contribution in [2.24, 2.45) is 5.92 Å². The predicted molar refractivity (Wildman–Crippen MR) is 109 cm³/mol. The maximum absolute atomic E-state index is 14.0. The Bertz CT molecular complexity index is 973. The molecule has 2 aliphatic rings. The third kappa shape index (κ3) is 4.46. The number of nitrogens with one attached hydrogen (secondary N) is 1. The number of hydrogen-bond donors (Lipinski definition) is 1. The Kier molecular flexibility index (Phi) is 6.04. The normalized spacial score (nSPS) is 22.1. The number of carbonyl (C=O) groups is 2. The molecule has 2 atom stereocenters. The van der Waals surface area contributed by atoms with Crippen LogP contribution in [0.15, 0.2) is 28.8 Å². The largest absolute Gasteiger partial charge is 0.355 e. The Labute approximate surface area is 179 Å². The summed E-state index contributed by atoms with van der Waals surface area (Å²) in [7, 11) is 3.43. The van der Waals surface area contributed by atoms with Crippen LogP contribution in [-0.2, 0) is 4.79 Å². The van der Waals surface area contributed by atoms with E-state index in [1.807, 2.05) is 0 Å². The molecule has 166 valence electrons. The van der Waals surface area contributed by atoms with Crippen molar-refractivity contribution >= 4 is 11.8 Å². The van der Waals surface area contributed by atoms with Gasteiger partial charge in [0.1, 0.15) is 11.6 Å². The van der Waals surface area contributed by atoms with Crippen LogP contribution in [0.3, 0.4) is 0 Å². The molecule has 2 heterocycles. The molecule has 4 rings (SSSR count). The van der Waals surface area contributed by atoms with Gasteiger partial charge >= 0.3 is 0 Å². The van der Waals surface area contributed by atoms with Crippen LogP contribution < -0.4 is 5.32 Å². The Morgan fingerprint density at radius 2 is 1.97 bits per heavy atom. The van der Waals surface area contributed by atoms with Crippen molar-refractivity contribution in [2.45, 2.75) is 37.8 Å². The summed E-state index contributed by atoms with van der Waals surface area (Å²) in [5.74, 6) is -2.34. The number of aromatic nitrogens is 1. The zero-order valence-corrected chi connectivity index (χ0v) is 17.6. The van der Waals surface area contributed by atoms with Crippen LogP contribution in [0.25, 0.3) is 11.3 Å². The number of benzene rings is 1. The van der Waals surface area contributed by atoms with E-state index >= 15 is 0 Å². The molecule has 0 radical (unpaired) electrons. The summed E-state index contributed by atoms with van der Waals surface area (Å²) < 4.78 is 32.2. The quantitative estimate of drug-likeness (QED) is 0.786. The topological polar surface area (TPSA) is 78.7 Å². The second-order valence-corrected chi connectivity index (χ2v) is 8.49. The van der Waals surface area contributed by atoms with Gasteiger partial charge in [0.05, 0.1) is 11.5 Å². The highest BCUT2D eigenvalue weighted by atomic mass is 19.1. The van der Waals surface area contributed by atoms with Gasteiger partial charge in [-0.05, 0) is 31.4 Å². The molecular formula is C22H26F2N4O3. The lowest BCUT2D eigenvalue weighted by molar-refractivity contribution is -0.136. The monoisotopic (exact) mass is 432 g/mol. The van der Waals surface area contributed by atoms with Gasteiger partial charge in [0.2, 0.25) is 5.91 Å². The fraction of sp³-hybridized carbons (Fsp3) is 0.500. The van der Waals surface area contributed by atoms with Gasteiger partial charge in [-0.1, -0.05) is 11.6 Å². The Morgan fingerprint density at radius 3 is 2.61 bits per heavy atom. The van der Waals surface area contributed by atoms with Crippen LogP contribution in [0.4, 0.5) is 8.78 Å². The number of rotatable bonds is 5. The second kappa shape index (κ2) is 8.74. The molecule has 2 aromatic rings. The smallest absolute Gasteiger partial charge is 0.273 e. The Hall–Kier alpha value is -2.81. The van der Waals surface area contributed by atoms with Crippen molar-refractivity contribution < 1.29 is 22.9 Å². The lowest BCUT2D eigenvalue weighted by Crippen LogP contribution is -2.58. The molecule has 7 nitrogen and oxygen atoms in total. The van der Waals surface area contributed by atoms with E-state index < -0.39 is 17.5 Å². The van der Waals surface area contributed by atoms with Crippen LogP contribution >= 0.6 is 0 Å². The number of piperidine rings is 1. The van der Waals surface area contributed by atoms with Gasteiger partial charge in [0.15, 0.2) is 11.5 Å². The lowest BCUT2D eigenvalue weighted by atomic mass is 9.85. The molecule has 2 amide bonds. The second-order valence-electron chi connectivity index (χ2n) is 8.49. The highest BCUT2D eigenvalue weighted by molar-refractivity contribution is 5.94. The SMILES string of the molecule is CN(C)C(=O)[C@@H]1CN(C2CCC2)CC[C@H]1NC(=O)c1cc(-c2ccc(F)cc2F)on1. The summed E-state index contributed by atoms with van der Waals surface area (Å²) in [5, 5.41) is 6.65. The van der Waals surface area contributed by atoms with E-state index in [1.54, 1.807) is 19.0 Å². The summed E-state index contributed by atoms with van der Waals surface area (Å²) in [6.45, 7) is 1.43. The summed E-state index contributed by atoms with van der Waals surface area (Å²) in [4.78, 5) is 29.5. The van der Waals surface area contributed by atoms with Gasteiger partial charge < -0.3 is 14.7 Å². The molecule has 1 aromatic heterocycles.